The normalized spacial score (nSPS) is 11.2. The first-order chi connectivity index (χ1) is 12.5. The van der Waals surface area contributed by atoms with Gasteiger partial charge in [-0.15, -0.1) is 0 Å². The van der Waals surface area contributed by atoms with Crippen LogP contribution < -0.4 is 5.32 Å². The summed E-state index contributed by atoms with van der Waals surface area (Å²) in [7, 11) is 1.67. The number of nitrogens with one attached hydrogen (secondary N) is 1. The van der Waals surface area contributed by atoms with Crippen LogP contribution in [0.15, 0.2) is 48.5 Å². The van der Waals surface area contributed by atoms with Crippen LogP contribution in [0.3, 0.4) is 0 Å². The van der Waals surface area contributed by atoms with E-state index in [-0.39, 0.29) is 11.9 Å². The van der Waals surface area contributed by atoms with Gasteiger partial charge in [0, 0.05) is 31.3 Å². The van der Waals surface area contributed by atoms with Crippen LogP contribution in [0.5, 0.6) is 0 Å². The molecule has 0 unspecified atom stereocenters. The summed E-state index contributed by atoms with van der Waals surface area (Å²) in [6.07, 6.45) is 0. The van der Waals surface area contributed by atoms with E-state index in [1.54, 1.807) is 7.11 Å². The number of carbonyl (C=O) groups excluding carboxylic acids is 1. The fourth-order valence-corrected chi connectivity index (χ4v) is 2.96. The number of nitrogens with zero attached hydrogens (tertiary/aromatic N) is 1. The molecule has 2 aromatic rings. The van der Waals surface area contributed by atoms with Gasteiger partial charge >= 0.3 is 0 Å². The lowest BCUT2D eigenvalue weighted by atomic mass is 10.1. The number of rotatable bonds is 9. The highest BCUT2D eigenvalue weighted by molar-refractivity contribution is 6.30. The number of hydrogen-bond donors (Lipinski definition) is 1. The minimum absolute atomic E-state index is 0.00736. The third-order valence-electron chi connectivity index (χ3n) is 4.25. The van der Waals surface area contributed by atoms with Crippen LogP contribution >= 0.6 is 11.6 Å². The maximum Gasteiger partial charge on any atom is 0.234 e. The van der Waals surface area contributed by atoms with Crippen LogP contribution in [0.2, 0.25) is 5.02 Å². The standard InChI is InChI=1S/C21H27ClN2O2/c1-16(2)24(13-17-7-6-10-20(22)11-17)14-21(25)23-12-18-8-4-5-9-19(18)15-26-3/h4-11,16H,12-15H2,1-3H3,(H,23,25). The van der Waals surface area contributed by atoms with Crippen LogP contribution in [0.4, 0.5) is 0 Å². The topological polar surface area (TPSA) is 41.6 Å². The zero-order valence-electron chi connectivity index (χ0n) is 15.7. The summed E-state index contributed by atoms with van der Waals surface area (Å²) in [5.41, 5.74) is 3.27. The average molecular weight is 375 g/mol. The van der Waals surface area contributed by atoms with Crippen molar-refractivity contribution < 1.29 is 9.53 Å². The van der Waals surface area contributed by atoms with Crippen molar-refractivity contribution in [2.75, 3.05) is 13.7 Å². The van der Waals surface area contributed by atoms with E-state index in [2.05, 4.69) is 24.1 Å². The Balaban J connectivity index is 1.93. The summed E-state index contributed by atoms with van der Waals surface area (Å²) in [6.45, 7) is 6.25. The van der Waals surface area contributed by atoms with Gasteiger partial charge in [0.2, 0.25) is 5.91 Å². The third-order valence-corrected chi connectivity index (χ3v) is 4.48. The van der Waals surface area contributed by atoms with Gasteiger partial charge in [-0.2, -0.15) is 0 Å². The molecule has 0 radical (unpaired) electrons. The van der Waals surface area contributed by atoms with Crippen LogP contribution in [-0.2, 0) is 29.2 Å². The fourth-order valence-electron chi connectivity index (χ4n) is 2.75. The van der Waals surface area contributed by atoms with Gasteiger partial charge in [0.15, 0.2) is 0 Å². The number of benzene rings is 2. The molecule has 0 bridgehead atoms. The molecule has 0 aliphatic carbocycles. The molecule has 1 amide bonds. The minimum atomic E-state index is 0.00736. The Bertz CT molecular complexity index is 719. The van der Waals surface area contributed by atoms with Crippen LogP contribution in [0.1, 0.15) is 30.5 Å². The summed E-state index contributed by atoms with van der Waals surface area (Å²) in [5, 5.41) is 3.73. The molecule has 26 heavy (non-hydrogen) atoms. The van der Waals surface area contributed by atoms with Crippen LogP contribution in [0, 0.1) is 0 Å². The van der Waals surface area contributed by atoms with E-state index >= 15 is 0 Å². The summed E-state index contributed by atoms with van der Waals surface area (Å²) in [6, 6.07) is 16.0. The summed E-state index contributed by atoms with van der Waals surface area (Å²) < 4.78 is 5.22. The van der Waals surface area contributed by atoms with Gasteiger partial charge in [0.1, 0.15) is 0 Å². The van der Waals surface area contributed by atoms with Gasteiger partial charge in [-0.05, 0) is 42.7 Å². The Morgan fingerprint density at radius 2 is 1.88 bits per heavy atom. The second kappa shape index (κ2) is 10.3. The molecular formula is C21H27ClN2O2. The van der Waals surface area contributed by atoms with Gasteiger partial charge in [-0.1, -0.05) is 48.0 Å². The highest BCUT2D eigenvalue weighted by Gasteiger charge is 2.15. The van der Waals surface area contributed by atoms with E-state index in [4.69, 9.17) is 16.3 Å². The van der Waals surface area contributed by atoms with Crippen molar-refractivity contribution in [1.29, 1.82) is 0 Å². The van der Waals surface area contributed by atoms with Crippen LogP contribution in [-0.4, -0.2) is 30.5 Å². The predicted octanol–water partition coefficient (Wildman–Crippen LogP) is 4.01. The largest absolute Gasteiger partial charge is 0.380 e. The number of amides is 1. The third kappa shape index (κ3) is 6.45. The molecule has 1 N–H and O–H groups in total. The van der Waals surface area contributed by atoms with Crippen molar-refractivity contribution in [3.63, 3.8) is 0 Å². The number of methoxy groups -OCH3 is 1. The molecule has 5 heteroatoms. The first-order valence-corrected chi connectivity index (χ1v) is 9.18. The van der Waals surface area contributed by atoms with Gasteiger partial charge < -0.3 is 10.1 Å². The second-order valence-corrected chi connectivity index (χ2v) is 7.04. The molecule has 0 spiro atoms. The maximum atomic E-state index is 12.4. The van der Waals surface area contributed by atoms with Gasteiger partial charge in [-0.3, -0.25) is 9.69 Å². The first-order valence-electron chi connectivity index (χ1n) is 8.80. The maximum absolute atomic E-state index is 12.4. The van der Waals surface area contributed by atoms with E-state index < -0.39 is 0 Å². The van der Waals surface area contributed by atoms with Crippen molar-refractivity contribution in [3.8, 4) is 0 Å². The lowest BCUT2D eigenvalue weighted by Crippen LogP contribution is -2.40. The molecule has 0 saturated carbocycles. The highest BCUT2D eigenvalue weighted by Crippen LogP contribution is 2.14. The fraction of sp³-hybridized carbons (Fsp3) is 0.381. The van der Waals surface area contributed by atoms with Crippen molar-refractivity contribution in [2.45, 2.75) is 39.6 Å². The molecule has 140 valence electrons. The van der Waals surface area contributed by atoms with Crippen molar-refractivity contribution in [1.82, 2.24) is 10.2 Å². The molecule has 2 aromatic carbocycles. The average Bonchev–Trinajstić information content (AvgIpc) is 2.60. The molecule has 2 rings (SSSR count). The van der Waals surface area contributed by atoms with E-state index in [0.29, 0.717) is 31.3 Å². The van der Waals surface area contributed by atoms with Gasteiger partial charge in [0.05, 0.1) is 13.2 Å². The Morgan fingerprint density at radius 3 is 2.54 bits per heavy atom. The molecule has 0 atom stereocenters. The lowest BCUT2D eigenvalue weighted by Gasteiger charge is -2.26. The van der Waals surface area contributed by atoms with Crippen LogP contribution in [0.25, 0.3) is 0 Å². The quantitative estimate of drug-likeness (QED) is 0.721. The monoisotopic (exact) mass is 374 g/mol. The Labute approximate surface area is 161 Å². The second-order valence-electron chi connectivity index (χ2n) is 6.61. The lowest BCUT2D eigenvalue weighted by molar-refractivity contribution is -0.123. The van der Waals surface area contributed by atoms with Crippen molar-refractivity contribution >= 4 is 17.5 Å². The molecule has 0 aliphatic heterocycles. The number of carbonyl (C=O) groups is 1. The van der Waals surface area contributed by atoms with Gasteiger partial charge in [-0.25, -0.2) is 0 Å². The number of hydrogen-bond acceptors (Lipinski definition) is 3. The zero-order chi connectivity index (χ0) is 18.9. The zero-order valence-corrected chi connectivity index (χ0v) is 16.4. The van der Waals surface area contributed by atoms with Crippen molar-refractivity contribution in [3.05, 3.63) is 70.2 Å². The smallest absolute Gasteiger partial charge is 0.234 e. The highest BCUT2D eigenvalue weighted by atomic mass is 35.5. The number of halogens is 1. The molecule has 0 aromatic heterocycles. The van der Waals surface area contributed by atoms with E-state index in [0.717, 1.165) is 16.7 Å². The van der Waals surface area contributed by atoms with Crippen molar-refractivity contribution in [2.24, 2.45) is 0 Å². The summed E-state index contributed by atoms with van der Waals surface area (Å²) in [4.78, 5) is 14.6. The summed E-state index contributed by atoms with van der Waals surface area (Å²) in [5.74, 6) is 0.00736. The molecular weight excluding hydrogens is 348 g/mol. The first kappa shape index (κ1) is 20.4. The predicted molar refractivity (Wildman–Crippen MR) is 106 cm³/mol. The van der Waals surface area contributed by atoms with E-state index in [9.17, 15) is 4.79 Å². The molecule has 0 saturated heterocycles. The number of ether oxygens (including phenoxy) is 1. The minimum Gasteiger partial charge on any atom is -0.380 e. The molecule has 0 aliphatic rings. The Morgan fingerprint density at radius 1 is 1.15 bits per heavy atom. The molecule has 0 fully saturated rings. The Hall–Kier alpha value is -1.88. The van der Waals surface area contributed by atoms with Gasteiger partial charge in [0.25, 0.3) is 0 Å². The molecule has 4 nitrogen and oxygen atoms in total. The van der Waals surface area contributed by atoms with E-state index in [1.807, 2.05) is 48.5 Å². The Kier molecular flexibility index (Phi) is 8.10. The molecule has 0 heterocycles. The SMILES string of the molecule is COCc1ccccc1CNC(=O)CN(Cc1cccc(Cl)c1)C(C)C. The summed E-state index contributed by atoms with van der Waals surface area (Å²) >= 11 is 6.06. The van der Waals surface area contributed by atoms with E-state index in [1.165, 1.54) is 0 Å².